The molecule has 0 heterocycles. The van der Waals surface area contributed by atoms with Gasteiger partial charge in [-0.25, -0.2) is 0 Å². The maximum Gasteiger partial charge on any atom is 0.153 e. The first kappa shape index (κ1) is 8.74. The summed E-state index contributed by atoms with van der Waals surface area (Å²) in [6.07, 6.45) is 2.30. The second-order valence-electron chi connectivity index (χ2n) is 4.96. The number of hydrogen-bond acceptors (Lipinski definition) is 1. The van der Waals surface area contributed by atoms with Crippen molar-refractivity contribution in [2.24, 2.45) is 16.7 Å². The molecule has 0 amide bonds. The molecule has 2 bridgehead atoms. The third-order valence-corrected chi connectivity index (χ3v) is 5.51. The van der Waals surface area contributed by atoms with Gasteiger partial charge in [0.2, 0.25) is 0 Å². The van der Waals surface area contributed by atoms with Crippen molar-refractivity contribution >= 4 is 21.7 Å². The molecular formula is C10H15BrO. The van der Waals surface area contributed by atoms with Gasteiger partial charge in [-0.05, 0) is 24.2 Å². The van der Waals surface area contributed by atoms with Crippen molar-refractivity contribution < 1.29 is 4.79 Å². The van der Waals surface area contributed by atoms with Crippen LogP contribution in [-0.2, 0) is 4.79 Å². The second kappa shape index (κ2) is 2.14. The van der Waals surface area contributed by atoms with E-state index in [0.717, 1.165) is 6.42 Å². The van der Waals surface area contributed by atoms with Crippen LogP contribution in [0.15, 0.2) is 0 Å². The Balaban J connectivity index is 2.50. The number of rotatable bonds is 0. The van der Waals surface area contributed by atoms with Crippen LogP contribution in [0.3, 0.4) is 0 Å². The number of fused-ring (bicyclic) bond motifs is 2. The maximum atomic E-state index is 11.9. The number of carbonyl (C=O) groups is 1. The Hall–Kier alpha value is 0.150. The Bertz CT molecular complexity index is 246. The molecule has 0 radical (unpaired) electrons. The predicted octanol–water partition coefficient (Wildman–Crippen LogP) is 2.78. The van der Waals surface area contributed by atoms with Crippen LogP contribution in [0.1, 0.15) is 33.6 Å². The van der Waals surface area contributed by atoms with Gasteiger partial charge in [-0.2, -0.15) is 0 Å². The SMILES string of the molecule is CC1(C)C2CC[C@@]1(C)C(=O)[C@H]2Br. The molecule has 0 aromatic carbocycles. The molecular weight excluding hydrogens is 216 g/mol. The quantitative estimate of drug-likeness (QED) is 0.586. The highest BCUT2D eigenvalue weighted by atomic mass is 79.9. The van der Waals surface area contributed by atoms with Crippen molar-refractivity contribution in [3.63, 3.8) is 0 Å². The molecule has 0 N–H and O–H groups in total. The van der Waals surface area contributed by atoms with Crippen LogP contribution in [0, 0.1) is 16.7 Å². The minimum absolute atomic E-state index is 0.0498. The van der Waals surface area contributed by atoms with Crippen LogP contribution in [0.2, 0.25) is 0 Å². The molecule has 1 nitrogen and oxygen atoms in total. The second-order valence-corrected chi connectivity index (χ2v) is 5.95. The van der Waals surface area contributed by atoms with Crippen LogP contribution >= 0.6 is 15.9 Å². The van der Waals surface area contributed by atoms with Gasteiger partial charge in [-0.3, -0.25) is 4.79 Å². The molecule has 0 spiro atoms. The van der Waals surface area contributed by atoms with Crippen LogP contribution in [0.5, 0.6) is 0 Å². The minimum atomic E-state index is -0.0498. The molecule has 3 atom stereocenters. The van der Waals surface area contributed by atoms with Gasteiger partial charge in [0, 0.05) is 5.41 Å². The first-order chi connectivity index (χ1) is 5.41. The van der Waals surface area contributed by atoms with Crippen molar-refractivity contribution in [1.82, 2.24) is 0 Å². The number of alkyl halides is 1. The average Bonchev–Trinajstić information content (AvgIpc) is 2.26. The van der Waals surface area contributed by atoms with Crippen molar-refractivity contribution in [2.75, 3.05) is 0 Å². The van der Waals surface area contributed by atoms with E-state index in [1.165, 1.54) is 6.42 Å². The average molecular weight is 231 g/mol. The third-order valence-electron chi connectivity index (χ3n) is 4.45. The van der Waals surface area contributed by atoms with E-state index in [-0.39, 0.29) is 15.7 Å². The van der Waals surface area contributed by atoms with Crippen molar-refractivity contribution in [2.45, 2.75) is 38.4 Å². The maximum absolute atomic E-state index is 11.9. The normalized spacial score (nSPS) is 50.2. The Morgan fingerprint density at radius 1 is 1.42 bits per heavy atom. The van der Waals surface area contributed by atoms with E-state index in [2.05, 4.69) is 36.7 Å². The van der Waals surface area contributed by atoms with E-state index in [0.29, 0.717) is 11.7 Å². The van der Waals surface area contributed by atoms with Crippen molar-refractivity contribution in [3.05, 3.63) is 0 Å². The Morgan fingerprint density at radius 2 is 2.00 bits per heavy atom. The van der Waals surface area contributed by atoms with Crippen molar-refractivity contribution in [3.8, 4) is 0 Å². The summed E-state index contributed by atoms with van der Waals surface area (Å²) in [5.41, 5.74) is 0.157. The first-order valence-corrected chi connectivity index (χ1v) is 5.51. The summed E-state index contributed by atoms with van der Waals surface area (Å²) in [5, 5.41) is 0. The lowest BCUT2D eigenvalue weighted by Gasteiger charge is -2.32. The molecule has 0 aliphatic heterocycles. The predicted molar refractivity (Wildman–Crippen MR) is 52.3 cm³/mol. The van der Waals surface area contributed by atoms with Gasteiger partial charge in [0.1, 0.15) is 0 Å². The van der Waals surface area contributed by atoms with Crippen LogP contribution in [0.4, 0.5) is 0 Å². The van der Waals surface area contributed by atoms with E-state index in [9.17, 15) is 4.79 Å². The lowest BCUT2D eigenvalue weighted by Crippen LogP contribution is -2.33. The zero-order valence-corrected chi connectivity index (χ0v) is 9.44. The Morgan fingerprint density at radius 3 is 2.25 bits per heavy atom. The molecule has 2 aliphatic carbocycles. The number of carbonyl (C=O) groups excluding carboxylic acids is 1. The van der Waals surface area contributed by atoms with Gasteiger partial charge >= 0.3 is 0 Å². The van der Waals surface area contributed by atoms with Crippen LogP contribution in [-0.4, -0.2) is 10.6 Å². The van der Waals surface area contributed by atoms with E-state index < -0.39 is 0 Å². The standard InChI is InChI=1S/C10H15BrO/c1-9(2)6-4-5-10(9,3)8(12)7(6)11/h6-7H,4-5H2,1-3H3/t6?,7-,10-/m0/s1. The topological polar surface area (TPSA) is 17.1 Å². The summed E-state index contributed by atoms with van der Waals surface area (Å²) in [7, 11) is 0. The molecule has 1 unspecified atom stereocenters. The van der Waals surface area contributed by atoms with Gasteiger partial charge in [0.25, 0.3) is 0 Å². The van der Waals surface area contributed by atoms with E-state index in [1.54, 1.807) is 0 Å². The number of hydrogen-bond donors (Lipinski definition) is 0. The van der Waals surface area contributed by atoms with Gasteiger partial charge in [0.15, 0.2) is 5.78 Å². The number of halogens is 1. The molecule has 2 heteroatoms. The van der Waals surface area contributed by atoms with Gasteiger partial charge in [-0.1, -0.05) is 36.7 Å². The molecule has 0 aromatic rings. The summed E-state index contributed by atoms with van der Waals surface area (Å²) in [6, 6.07) is 0. The first-order valence-electron chi connectivity index (χ1n) is 4.59. The Labute approximate surface area is 82.0 Å². The van der Waals surface area contributed by atoms with Crippen LogP contribution < -0.4 is 0 Å². The summed E-state index contributed by atoms with van der Waals surface area (Å²) in [4.78, 5) is 12.0. The number of ketones is 1. The van der Waals surface area contributed by atoms with Crippen molar-refractivity contribution in [1.29, 1.82) is 0 Å². The zero-order chi connectivity index (χ0) is 9.15. The molecule has 12 heavy (non-hydrogen) atoms. The smallest absolute Gasteiger partial charge is 0.153 e. The molecule has 68 valence electrons. The fraction of sp³-hybridized carbons (Fsp3) is 0.900. The van der Waals surface area contributed by atoms with E-state index >= 15 is 0 Å². The monoisotopic (exact) mass is 230 g/mol. The molecule has 2 aliphatic rings. The largest absolute Gasteiger partial charge is 0.298 e. The van der Waals surface area contributed by atoms with Gasteiger partial charge in [-0.15, -0.1) is 0 Å². The lowest BCUT2D eigenvalue weighted by molar-refractivity contribution is -0.127. The van der Waals surface area contributed by atoms with E-state index in [4.69, 9.17) is 0 Å². The molecule has 0 saturated heterocycles. The summed E-state index contributed by atoms with van der Waals surface area (Å²) in [5.74, 6) is 0.999. The third kappa shape index (κ3) is 0.688. The minimum Gasteiger partial charge on any atom is -0.298 e. The highest BCUT2D eigenvalue weighted by molar-refractivity contribution is 9.10. The molecule has 2 rings (SSSR count). The molecule has 2 fully saturated rings. The highest BCUT2D eigenvalue weighted by Crippen LogP contribution is 2.65. The van der Waals surface area contributed by atoms with E-state index in [1.807, 2.05) is 0 Å². The Kier molecular flexibility index (Phi) is 1.56. The molecule has 0 aromatic heterocycles. The number of Topliss-reactive ketones (excluding diaryl/α,β-unsaturated/α-hetero) is 1. The summed E-state index contributed by atoms with van der Waals surface area (Å²) >= 11 is 3.52. The lowest BCUT2D eigenvalue weighted by atomic mass is 9.70. The summed E-state index contributed by atoms with van der Waals surface area (Å²) < 4.78 is 0. The van der Waals surface area contributed by atoms with Gasteiger partial charge in [0.05, 0.1) is 4.83 Å². The fourth-order valence-corrected chi connectivity index (χ4v) is 4.41. The van der Waals surface area contributed by atoms with Gasteiger partial charge < -0.3 is 0 Å². The van der Waals surface area contributed by atoms with Crippen LogP contribution in [0.25, 0.3) is 0 Å². The zero-order valence-electron chi connectivity index (χ0n) is 7.86. The fourth-order valence-electron chi connectivity index (χ4n) is 2.98. The summed E-state index contributed by atoms with van der Waals surface area (Å²) in [6.45, 7) is 6.62. The highest BCUT2D eigenvalue weighted by Gasteiger charge is 2.65. The molecule has 2 saturated carbocycles.